The van der Waals surface area contributed by atoms with Crippen molar-refractivity contribution in [2.75, 3.05) is 0 Å². The van der Waals surface area contributed by atoms with Gasteiger partial charge in [-0.15, -0.1) is 34.0 Å². The summed E-state index contributed by atoms with van der Waals surface area (Å²) < 4.78 is 8.70. The first-order chi connectivity index (χ1) is 15.0. The minimum atomic E-state index is -0.141. The van der Waals surface area contributed by atoms with Crippen molar-refractivity contribution in [2.45, 2.75) is 6.92 Å². The molecule has 0 aliphatic heterocycles. The van der Waals surface area contributed by atoms with Gasteiger partial charge in [-0.25, -0.2) is 4.98 Å². The molecule has 9 heteroatoms. The highest BCUT2D eigenvalue weighted by Crippen LogP contribution is 2.45. The molecule has 8 heterocycles. The van der Waals surface area contributed by atoms with Gasteiger partial charge in [0.05, 0.1) is 50.7 Å². The summed E-state index contributed by atoms with van der Waals surface area (Å²) in [5.41, 5.74) is 4.96. The Morgan fingerprint density at radius 2 is 1.58 bits per heavy atom. The van der Waals surface area contributed by atoms with Gasteiger partial charge < -0.3 is 0 Å². The van der Waals surface area contributed by atoms with E-state index in [1.54, 1.807) is 44.6 Å². The van der Waals surface area contributed by atoms with Crippen molar-refractivity contribution in [3.8, 4) is 0 Å². The van der Waals surface area contributed by atoms with Crippen molar-refractivity contribution in [3.63, 3.8) is 0 Å². The van der Waals surface area contributed by atoms with Crippen molar-refractivity contribution < 1.29 is 0 Å². The van der Waals surface area contributed by atoms with Crippen molar-refractivity contribution in [2.24, 2.45) is 0 Å². The summed E-state index contributed by atoms with van der Waals surface area (Å²) in [7, 11) is 0. The standard InChI is InChI=1S/C22H8BrN3O2S3/c1-7-5-29-12-2-10-19-14-8(21(27)25(10)17(7)12)4-24-16-15(14)20(31-19)11-3-13-18(9(23)6-30-13)26(11)22(16)28/h2-6H,1H3. The Hall–Kier alpha value is -2.59. The van der Waals surface area contributed by atoms with Gasteiger partial charge in [0.25, 0.3) is 11.1 Å². The predicted molar refractivity (Wildman–Crippen MR) is 135 cm³/mol. The molecule has 8 aromatic heterocycles. The summed E-state index contributed by atoms with van der Waals surface area (Å²) >= 11 is 8.51. The predicted octanol–water partition coefficient (Wildman–Crippen LogP) is 6.20. The van der Waals surface area contributed by atoms with Crippen LogP contribution in [0.5, 0.6) is 0 Å². The Morgan fingerprint density at radius 1 is 0.903 bits per heavy atom. The van der Waals surface area contributed by atoms with Gasteiger partial charge in [0.1, 0.15) is 5.52 Å². The lowest BCUT2D eigenvalue weighted by atomic mass is 10.1. The number of rotatable bonds is 0. The molecule has 0 saturated heterocycles. The summed E-state index contributed by atoms with van der Waals surface area (Å²) in [5, 5.41) is 6.34. The lowest BCUT2D eigenvalue weighted by Gasteiger charge is -2.05. The summed E-state index contributed by atoms with van der Waals surface area (Å²) in [5.74, 6) is 0. The second kappa shape index (κ2) is 5.24. The molecule has 0 spiro atoms. The molecule has 0 aromatic carbocycles. The van der Waals surface area contributed by atoms with Crippen LogP contribution in [0.2, 0.25) is 0 Å². The lowest BCUT2D eigenvalue weighted by molar-refractivity contribution is 1.18. The van der Waals surface area contributed by atoms with E-state index in [1.807, 2.05) is 16.7 Å². The van der Waals surface area contributed by atoms with E-state index in [0.29, 0.717) is 10.9 Å². The summed E-state index contributed by atoms with van der Waals surface area (Å²) in [6, 6.07) is 4.19. The number of aromatic nitrogens is 3. The molecule has 0 saturated carbocycles. The van der Waals surface area contributed by atoms with Gasteiger partial charge in [0, 0.05) is 22.3 Å². The number of fused-ring (bicyclic) bond motifs is 8. The summed E-state index contributed by atoms with van der Waals surface area (Å²) in [6.07, 6.45) is 1.59. The number of hydrogen-bond donors (Lipinski definition) is 0. The quantitative estimate of drug-likeness (QED) is 0.223. The monoisotopic (exact) mass is 521 g/mol. The number of pyridine rings is 3. The van der Waals surface area contributed by atoms with Crippen LogP contribution in [0.1, 0.15) is 5.56 Å². The highest BCUT2D eigenvalue weighted by Gasteiger charge is 2.25. The topological polar surface area (TPSA) is 55.9 Å². The SMILES string of the molecule is Cc1csc2cc3c4sc5c6c(ncc(c(=O)n3c12)c46)c(=O)n1c5cc2scc(Br)c21. The van der Waals surface area contributed by atoms with Crippen molar-refractivity contribution in [3.05, 3.63) is 59.8 Å². The lowest BCUT2D eigenvalue weighted by Crippen LogP contribution is -2.16. The van der Waals surface area contributed by atoms with Crippen LogP contribution in [-0.2, 0) is 0 Å². The van der Waals surface area contributed by atoms with E-state index in [9.17, 15) is 9.59 Å². The van der Waals surface area contributed by atoms with Gasteiger partial charge in [-0.3, -0.25) is 18.4 Å². The highest BCUT2D eigenvalue weighted by atomic mass is 79.9. The Balaban J connectivity index is 1.77. The molecule has 0 aliphatic carbocycles. The first kappa shape index (κ1) is 17.0. The van der Waals surface area contributed by atoms with E-state index >= 15 is 0 Å². The molecule has 8 rings (SSSR count). The fourth-order valence-electron chi connectivity index (χ4n) is 4.97. The second-order valence-electron chi connectivity index (χ2n) is 7.80. The number of nitrogens with zero attached hydrogens (tertiary/aromatic N) is 3. The van der Waals surface area contributed by atoms with Gasteiger partial charge in [-0.05, 0) is 45.9 Å². The third-order valence-corrected chi connectivity index (χ3v) is 10.3. The van der Waals surface area contributed by atoms with Crippen molar-refractivity contribution in [1.82, 2.24) is 13.8 Å². The van der Waals surface area contributed by atoms with Gasteiger partial charge in [0.2, 0.25) is 0 Å². The van der Waals surface area contributed by atoms with E-state index in [0.717, 1.165) is 61.7 Å². The van der Waals surface area contributed by atoms with Gasteiger partial charge >= 0.3 is 0 Å². The third kappa shape index (κ3) is 1.76. The zero-order valence-electron chi connectivity index (χ0n) is 15.6. The second-order valence-corrected chi connectivity index (χ2v) is 11.5. The van der Waals surface area contributed by atoms with Crippen LogP contribution in [0.3, 0.4) is 0 Å². The number of hydrogen-bond acceptors (Lipinski definition) is 6. The summed E-state index contributed by atoms with van der Waals surface area (Å²) in [6.45, 7) is 2.04. The molecule has 0 atom stereocenters. The normalized spacial score (nSPS) is 13.1. The number of aryl methyl sites for hydroxylation is 1. The Labute approximate surface area is 192 Å². The average Bonchev–Trinajstić information content (AvgIpc) is 3.53. The minimum absolute atomic E-state index is 0.0699. The number of halogens is 1. The van der Waals surface area contributed by atoms with Crippen LogP contribution in [-0.4, -0.2) is 13.8 Å². The Morgan fingerprint density at radius 3 is 2.39 bits per heavy atom. The fourth-order valence-corrected chi connectivity index (χ4v) is 8.89. The molecule has 8 aromatic rings. The third-order valence-electron chi connectivity index (χ3n) is 6.22. The molecule has 0 aliphatic rings. The first-order valence-corrected chi connectivity index (χ1v) is 12.8. The van der Waals surface area contributed by atoms with Crippen molar-refractivity contribution in [1.29, 1.82) is 0 Å². The average molecular weight is 522 g/mol. The fraction of sp³-hybridized carbons (Fsp3) is 0.0455. The molecule has 0 unspecified atom stereocenters. The molecule has 5 nitrogen and oxygen atoms in total. The zero-order chi connectivity index (χ0) is 20.8. The van der Waals surface area contributed by atoms with Crippen LogP contribution >= 0.6 is 49.9 Å². The Bertz CT molecular complexity index is 2020. The maximum atomic E-state index is 13.6. The number of thiophene rings is 3. The molecule has 0 amide bonds. The van der Waals surface area contributed by atoms with Gasteiger partial charge in [-0.1, -0.05) is 0 Å². The molecular weight excluding hydrogens is 514 g/mol. The zero-order valence-corrected chi connectivity index (χ0v) is 19.7. The van der Waals surface area contributed by atoms with Crippen LogP contribution in [0.4, 0.5) is 0 Å². The Kier molecular flexibility index (Phi) is 2.88. The largest absolute Gasteiger partial charge is 0.282 e. The van der Waals surface area contributed by atoms with E-state index in [2.05, 4.69) is 38.4 Å². The van der Waals surface area contributed by atoms with Crippen LogP contribution in [0.25, 0.3) is 62.5 Å². The van der Waals surface area contributed by atoms with E-state index in [1.165, 1.54) is 0 Å². The van der Waals surface area contributed by atoms with Crippen LogP contribution in [0.15, 0.2) is 43.2 Å². The molecule has 0 fully saturated rings. The minimum Gasteiger partial charge on any atom is -0.274 e. The van der Waals surface area contributed by atoms with E-state index < -0.39 is 0 Å². The van der Waals surface area contributed by atoms with Crippen molar-refractivity contribution >= 4 is 112 Å². The molecular formula is C22H8BrN3O2S3. The van der Waals surface area contributed by atoms with E-state index in [4.69, 9.17) is 0 Å². The molecule has 148 valence electrons. The highest BCUT2D eigenvalue weighted by molar-refractivity contribution is 9.10. The first-order valence-electron chi connectivity index (χ1n) is 9.48. The molecule has 31 heavy (non-hydrogen) atoms. The maximum absolute atomic E-state index is 13.6. The molecule has 0 N–H and O–H groups in total. The van der Waals surface area contributed by atoms with Gasteiger partial charge in [0.15, 0.2) is 0 Å². The summed E-state index contributed by atoms with van der Waals surface area (Å²) in [4.78, 5) is 31.6. The maximum Gasteiger partial charge on any atom is 0.282 e. The molecule has 0 bridgehead atoms. The van der Waals surface area contributed by atoms with Gasteiger partial charge in [-0.2, -0.15) is 0 Å². The van der Waals surface area contributed by atoms with Crippen LogP contribution < -0.4 is 11.1 Å². The smallest absolute Gasteiger partial charge is 0.274 e. The van der Waals surface area contributed by atoms with Crippen LogP contribution in [0, 0.1) is 6.92 Å². The molecule has 0 radical (unpaired) electrons. The van der Waals surface area contributed by atoms with E-state index in [-0.39, 0.29) is 11.1 Å².